The van der Waals surface area contributed by atoms with Crippen LogP contribution in [0.5, 0.6) is 11.5 Å². The van der Waals surface area contributed by atoms with E-state index >= 15 is 0 Å². The molecule has 0 atom stereocenters. The SMILES string of the molecule is CNc1ncc(Cl)c(Nc2ccc3c(c2)OC(F)(F)O3)n1. The van der Waals surface area contributed by atoms with Crippen LogP contribution >= 0.6 is 11.6 Å². The van der Waals surface area contributed by atoms with Gasteiger partial charge in [-0.05, 0) is 12.1 Å². The van der Waals surface area contributed by atoms with Crippen LogP contribution in [0.3, 0.4) is 0 Å². The minimum atomic E-state index is -3.65. The van der Waals surface area contributed by atoms with Crippen LogP contribution in [0.1, 0.15) is 0 Å². The number of hydrogen-bond acceptors (Lipinski definition) is 6. The molecular formula is C12H9ClF2N4O2. The molecule has 0 saturated heterocycles. The van der Waals surface area contributed by atoms with Crippen LogP contribution in [0.25, 0.3) is 0 Å². The highest BCUT2D eigenvalue weighted by Crippen LogP contribution is 2.42. The Morgan fingerprint density at radius 1 is 1.24 bits per heavy atom. The summed E-state index contributed by atoms with van der Waals surface area (Å²) in [5.74, 6) is 0.607. The molecule has 1 aromatic carbocycles. The van der Waals surface area contributed by atoms with Crippen LogP contribution in [0, 0.1) is 0 Å². The number of nitrogens with zero attached hydrogens (tertiary/aromatic N) is 2. The van der Waals surface area contributed by atoms with Crippen molar-refractivity contribution in [3.63, 3.8) is 0 Å². The number of nitrogens with one attached hydrogen (secondary N) is 2. The van der Waals surface area contributed by atoms with Gasteiger partial charge >= 0.3 is 6.29 Å². The third-order valence-corrected chi connectivity index (χ3v) is 2.91. The molecule has 3 rings (SSSR count). The number of anilines is 3. The highest BCUT2D eigenvalue weighted by Gasteiger charge is 2.43. The van der Waals surface area contributed by atoms with Gasteiger partial charge in [-0.15, -0.1) is 8.78 Å². The Balaban J connectivity index is 1.87. The van der Waals surface area contributed by atoms with Crippen LogP contribution in [0.2, 0.25) is 5.02 Å². The maximum absolute atomic E-state index is 12.9. The van der Waals surface area contributed by atoms with Crippen molar-refractivity contribution in [2.75, 3.05) is 17.7 Å². The molecule has 0 radical (unpaired) electrons. The van der Waals surface area contributed by atoms with E-state index in [4.69, 9.17) is 11.6 Å². The summed E-state index contributed by atoms with van der Waals surface area (Å²) < 4.78 is 34.6. The van der Waals surface area contributed by atoms with Gasteiger partial charge in [-0.1, -0.05) is 11.6 Å². The smallest absolute Gasteiger partial charge is 0.395 e. The van der Waals surface area contributed by atoms with E-state index in [9.17, 15) is 8.78 Å². The molecule has 2 N–H and O–H groups in total. The Kier molecular flexibility index (Phi) is 3.17. The van der Waals surface area contributed by atoms with Gasteiger partial charge in [0, 0.05) is 18.8 Å². The fourth-order valence-corrected chi connectivity index (χ4v) is 1.88. The summed E-state index contributed by atoms with van der Waals surface area (Å²) in [6.07, 6.45) is -2.23. The van der Waals surface area contributed by atoms with Gasteiger partial charge in [0.1, 0.15) is 5.02 Å². The van der Waals surface area contributed by atoms with Gasteiger partial charge in [-0.2, -0.15) is 4.98 Å². The van der Waals surface area contributed by atoms with Gasteiger partial charge in [-0.25, -0.2) is 4.98 Å². The van der Waals surface area contributed by atoms with Crippen molar-refractivity contribution in [2.24, 2.45) is 0 Å². The third-order valence-electron chi connectivity index (χ3n) is 2.63. The maximum atomic E-state index is 12.9. The second-order valence-corrected chi connectivity index (χ2v) is 4.50. The van der Waals surface area contributed by atoms with E-state index in [1.807, 2.05) is 0 Å². The van der Waals surface area contributed by atoms with E-state index in [0.717, 1.165) is 0 Å². The topological polar surface area (TPSA) is 68.3 Å². The lowest BCUT2D eigenvalue weighted by atomic mass is 10.3. The minimum Gasteiger partial charge on any atom is -0.395 e. The van der Waals surface area contributed by atoms with Crippen molar-refractivity contribution in [1.82, 2.24) is 9.97 Å². The fourth-order valence-electron chi connectivity index (χ4n) is 1.74. The van der Waals surface area contributed by atoms with Crippen LogP contribution < -0.4 is 20.1 Å². The molecule has 2 aromatic rings. The molecule has 9 heteroatoms. The van der Waals surface area contributed by atoms with Gasteiger partial charge in [0.25, 0.3) is 0 Å². The first kappa shape index (κ1) is 13.6. The first-order valence-electron chi connectivity index (χ1n) is 5.84. The van der Waals surface area contributed by atoms with Crippen molar-refractivity contribution in [2.45, 2.75) is 6.29 Å². The van der Waals surface area contributed by atoms with Crippen molar-refractivity contribution in [3.05, 3.63) is 29.4 Å². The Hall–Kier alpha value is -2.35. The molecule has 0 amide bonds. The lowest BCUT2D eigenvalue weighted by molar-refractivity contribution is -0.286. The van der Waals surface area contributed by atoms with Gasteiger partial charge < -0.3 is 20.1 Å². The largest absolute Gasteiger partial charge is 0.586 e. The third kappa shape index (κ3) is 2.75. The molecule has 6 nitrogen and oxygen atoms in total. The predicted molar refractivity (Wildman–Crippen MR) is 72.5 cm³/mol. The zero-order valence-corrected chi connectivity index (χ0v) is 11.4. The van der Waals surface area contributed by atoms with E-state index in [2.05, 4.69) is 30.1 Å². The number of benzene rings is 1. The van der Waals surface area contributed by atoms with E-state index in [0.29, 0.717) is 17.5 Å². The fraction of sp³-hybridized carbons (Fsp3) is 0.167. The summed E-state index contributed by atoms with van der Waals surface area (Å²) in [5, 5.41) is 5.96. The molecule has 0 saturated carbocycles. The van der Waals surface area contributed by atoms with Crippen LogP contribution in [-0.4, -0.2) is 23.3 Å². The normalized spacial score (nSPS) is 14.9. The van der Waals surface area contributed by atoms with Gasteiger partial charge in [-0.3, -0.25) is 0 Å². The molecule has 2 heterocycles. The molecule has 1 aliphatic heterocycles. The highest BCUT2D eigenvalue weighted by molar-refractivity contribution is 6.32. The number of aromatic nitrogens is 2. The lowest BCUT2D eigenvalue weighted by Gasteiger charge is -2.09. The summed E-state index contributed by atoms with van der Waals surface area (Å²) in [5.41, 5.74) is 0.470. The van der Waals surface area contributed by atoms with Crippen molar-refractivity contribution in [3.8, 4) is 11.5 Å². The monoisotopic (exact) mass is 314 g/mol. The molecule has 0 spiro atoms. The zero-order chi connectivity index (χ0) is 15.0. The van der Waals surface area contributed by atoms with Gasteiger partial charge in [0.15, 0.2) is 17.3 Å². The number of alkyl halides is 2. The lowest BCUT2D eigenvalue weighted by Crippen LogP contribution is -2.25. The molecule has 1 aliphatic rings. The molecular weight excluding hydrogens is 306 g/mol. The predicted octanol–water partition coefficient (Wildman–Crippen LogP) is 3.24. The number of halogens is 3. The second kappa shape index (κ2) is 4.88. The molecule has 110 valence electrons. The molecule has 0 fully saturated rings. The first-order valence-corrected chi connectivity index (χ1v) is 6.22. The quantitative estimate of drug-likeness (QED) is 0.906. The van der Waals surface area contributed by atoms with E-state index < -0.39 is 6.29 Å². The zero-order valence-electron chi connectivity index (χ0n) is 10.7. The van der Waals surface area contributed by atoms with Crippen LogP contribution in [-0.2, 0) is 0 Å². The second-order valence-electron chi connectivity index (χ2n) is 4.09. The number of hydrogen-bond donors (Lipinski definition) is 2. The van der Waals surface area contributed by atoms with E-state index in [-0.39, 0.29) is 16.5 Å². The average molecular weight is 315 g/mol. The molecule has 0 bridgehead atoms. The summed E-state index contributed by atoms with van der Waals surface area (Å²) in [4.78, 5) is 8.06. The van der Waals surface area contributed by atoms with Crippen molar-refractivity contribution >= 4 is 29.1 Å². The Morgan fingerprint density at radius 3 is 2.76 bits per heavy atom. The maximum Gasteiger partial charge on any atom is 0.586 e. The van der Waals surface area contributed by atoms with Crippen LogP contribution in [0.4, 0.5) is 26.2 Å². The summed E-state index contributed by atoms with van der Waals surface area (Å²) in [7, 11) is 1.66. The molecule has 0 unspecified atom stereocenters. The van der Waals surface area contributed by atoms with Crippen LogP contribution in [0.15, 0.2) is 24.4 Å². The standard InChI is InChI=1S/C12H9ClF2N4O2/c1-16-11-17-5-7(13)10(19-11)18-6-2-3-8-9(4-6)21-12(14,15)20-8/h2-5H,1H3,(H2,16,17,18,19). The van der Waals surface area contributed by atoms with Crippen molar-refractivity contribution < 1.29 is 18.3 Å². The summed E-state index contributed by atoms with van der Waals surface area (Å²) in [6, 6.07) is 4.28. The molecule has 21 heavy (non-hydrogen) atoms. The highest BCUT2D eigenvalue weighted by atomic mass is 35.5. The average Bonchev–Trinajstić information content (AvgIpc) is 2.74. The first-order chi connectivity index (χ1) is 9.97. The minimum absolute atomic E-state index is 0.0322. The summed E-state index contributed by atoms with van der Waals surface area (Å²) in [6.45, 7) is 0. The van der Waals surface area contributed by atoms with E-state index in [1.165, 1.54) is 18.3 Å². The Morgan fingerprint density at radius 2 is 2.00 bits per heavy atom. The Bertz CT molecular complexity index is 699. The van der Waals surface area contributed by atoms with Gasteiger partial charge in [0.2, 0.25) is 5.95 Å². The Labute approximate surface area is 123 Å². The number of fused-ring (bicyclic) bond motifs is 1. The number of ether oxygens (including phenoxy) is 2. The summed E-state index contributed by atoms with van der Waals surface area (Å²) >= 11 is 5.97. The number of rotatable bonds is 3. The van der Waals surface area contributed by atoms with E-state index in [1.54, 1.807) is 13.1 Å². The molecule has 0 aliphatic carbocycles. The van der Waals surface area contributed by atoms with Crippen molar-refractivity contribution in [1.29, 1.82) is 0 Å². The molecule has 1 aromatic heterocycles. The van der Waals surface area contributed by atoms with Gasteiger partial charge in [0.05, 0.1) is 6.20 Å².